The molecule has 2 amide bonds. The van der Waals surface area contributed by atoms with Gasteiger partial charge < -0.3 is 10.1 Å². The first kappa shape index (κ1) is 16.7. The van der Waals surface area contributed by atoms with Gasteiger partial charge >= 0.3 is 12.0 Å². The number of methoxy groups -OCH3 is 1. The van der Waals surface area contributed by atoms with Crippen molar-refractivity contribution in [2.45, 2.75) is 19.4 Å². The average Bonchev–Trinajstić information content (AvgIpc) is 3.27. The number of thiophene rings is 2. The molecule has 0 aromatic carbocycles. The first-order valence-corrected chi connectivity index (χ1v) is 9.35. The highest BCUT2D eigenvalue weighted by Gasteiger charge is 2.36. The molecule has 1 N–H and O–H groups in total. The van der Waals surface area contributed by atoms with Gasteiger partial charge in [0.15, 0.2) is 0 Å². The fraction of sp³-hybridized carbons (Fsp3) is 0.294. The summed E-state index contributed by atoms with van der Waals surface area (Å²) in [6.45, 7) is 2.33. The number of urea groups is 1. The molecule has 7 heteroatoms. The molecule has 0 radical (unpaired) electrons. The maximum Gasteiger partial charge on any atom is 0.337 e. The van der Waals surface area contributed by atoms with Crippen LogP contribution in [-0.4, -0.2) is 30.6 Å². The lowest BCUT2D eigenvalue weighted by Crippen LogP contribution is -2.48. The Labute approximate surface area is 148 Å². The zero-order chi connectivity index (χ0) is 17.1. The van der Waals surface area contributed by atoms with Gasteiger partial charge in [-0.25, -0.2) is 9.59 Å². The fourth-order valence-electron chi connectivity index (χ4n) is 2.79. The van der Waals surface area contributed by atoms with E-state index in [9.17, 15) is 9.59 Å². The molecular weight excluding hydrogens is 344 g/mol. The number of rotatable bonds is 5. The molecule has 0 saturated carbocycles. The predicted octanol–water partition coefficient (Wildman–Crippen LogP) is 3.57. The molecule has 0 spiro atoms. The Morgan fingerprint density at radius 1 is 1.38 bits per heavy atom. The molecule has 0 aliphatic carbocycles. The number of carbonyl (C=O) groups is 2. The third-order valence-electron chi connectivity index (χ3n) is 4.04. The second-order valence-corrected chi connectivity index (χ2v) is 7.22. The molecule has 5 nitrogen and oxygen atoms in total. The third-order valence-corrected chi connectivity index (χ3v) is 5.68. The number of hydrogen-bond acceptors (Lipinski definition) is 5. The van der Waals surface area contributed by atoms with Gasteiger partial charge in [0.05, 0.1) is 18.7 Å². The van der Waals surface area contributed by atoms with E-state index in [-0.39, 0.29) is 6.03 Å². The Hall–Kier alpha value is -2.12. The van der Waals surface area contributed by atoms with Crippen molar-refractivity contribution in [3.05, 3.63) is 56.1 Å². The first-order valence-electron chi connectivity index (χ1n) is 7.53. The van der Waals surface area contributed by atoms with Crippen LogP contribution in [0.3, 0.4) is 0 Å². The lowest BCUT2D eigenvalue weighted by atomic mass is 9.97. The number of allylic oxidation sites excluding steroid dienone is 1. The quantitative estimate of drug-likeness (QED) is 0.828. The Morgan fingerprint density at radius 2 is 2.21 bits per heavy atom. The predicted molar refractivity (Wildman–Crippen MR) is 95.0 cm³/mol. The Bertz CT molecular complexity index is 751. The van der Waals surface area contributed by atoms with Crippen molar-refractivity contribution >= 4 is 34.7 Å². The van der Waals surface area contributed by atoms with E-state index < -0.39 is 12.0 Å². The second-order valence-electron chi connectivity index (χ2n) is 5.41. The van der Waals surface area contributed by atoms with Gasteiger partial charge in [0.25, 0.3) is 0 Å². The highest BCUT2D eigenvalue weighted by Crippen LogP contribution is 2.32. The zero-order valence-electron chi connectivity index (χ0n) is 13.4. The molecule has 0 fully saturated rings. The average molecular weight is 362 g/mol. The topological polar surface area (TPSA) is 58.6 Å². The van der Waals surface area contributed by atoms with E-state index in [0.29, 0.717) is 17.8 Å². The minimum atomic E-state index is -0.464. The number of carbonyl (C=O) groups excluding carboxylic acids is 2. The third kappa shape index (κ3) is 3.22. The molecule has 2 aromatic rings. The van der Waals surface area contributed by atoms with Gasteiger partial charge in [0.2, 0.25) is 0 Å². The number of nitrogens with one attached hydrogen (secondary N) is 1. The summed E-state index contributed by atoms with van der Waals surface area (Å²) in [6, 6.07) is 5.29. The second kappa shape index (κ2) is 7.19. The number of amides is 2. The van der Waals surface area contributed by atoms with E-state index in [2.05, 4.69) is 5.32 Å². The van der Waals surface area contributed by atoms with Crippen LogP contribution in [0.25, 0.3) is 0 Å². The lowest BCUT2D eigenvalue weighted by Gasteiger charge is -2.34. The van der Waals surface area contributed by atoms with E-state index in [1.165, 1.54) is 23.3 Å². The standard InChI is InChI=1S/C17H18N2O3S2/c1-11-14(16(20)22-2)15(12-6-9-23-10-12)18-17(21)19(11)7-5-13-4-3-8-24-13/h3-4,6,8-10,15H,5,7H2,1-2H3,(H,18,21)/t15-/m0/s1. The van der Waals surface area contributed by atoms with Gasteiger partial charge in [-0.05, 0) is 47.2 Å². The van der Waals surface area contributed by atoms with Crippen LogP contribution in [0.15, 0.2) is 45.6 Å². The van der Waals surface area contributed by atoms with E-state index in [4.69, 9.17) is 4.74 Å². The van der Waals surface area contributed by atoms with Crippen LogP contribution >= 0.6 is 22.7 Å². The van der Waals surface area contributed by atoms with Gasteiger partial charge in [-0.1, -0.05) is 6.07 Å². The van der Waals surface area contributed by atoms with Crippen molar-refractivity contribution in [3.8, 4) is 0 Å². The highest BCUT2D eigenvalue weighted by atomic mass is 32.1. The molecule has 24 heavy (non-hydrogen) atoms. The zero-order valence-corrected chi connectivity index (χ0v) is 15.1. The number of nitrogens with zero attached hydrogens (tertiary/aromatic N) is 1. The lowest BCUT2D eigenvalue weighted by molar-refractivity contribution is -0.136. The van der Waals surface area contributed by atoms with Crippen LogP contribution in [0, 0.1) is 0 Å². The minimum absolute atomic E-state index is 0.187. The summed E-state index contributed by atoms with van der Waals surface area (Å²) >= 11 is 3.19. The Kier molecular flexibility index (Phi) is 5.01. The number of ether oxygens (including phenoxy) is 1. The molecule has 1 aliphatic rings. The summed E-state index contributed by atoms with van der Waals surface area (Å²) in [4.78, 5) is 27.7. The van der Waals surface area contributed by atoms with E-state index in [1.807, 2.05) is 34.3 Å². The van der Waals surface area contributed by atoms with Crippen LogP contribution in [0.1, 0.15) is 23.4 Å². The molecule has 3 heterocycles. The normalized spacial score (nSPS) is 17.8. The fourth-order valence-corrected chi connectivity index (χ4v) is 4.18. The smallest absolute Gasteiger partial charge is 0.337 e. The Morgan fingerprint density at radius 3 is 2.83 bits per heavy atom. The van der Waals surface area contributed by atoms with E-state index in [1.54, 1.807) is 23.2 Å². The van der Waals surface area contributed by atoms with E-state index >= 15 is 0 Å². The maximum absolute atomic E-state index is 12.6. The SMILES string of the molecule is COC(=O)C1=C(C)N(CCc2cccs2)C(=O)N[C@H]1c1ccsc1. The largest absolute Gasteiger partial charge is 0.466 e. The van der Waals surface area contributed by atoms with Crippen LogP contribution in [-0.2, 0) is 16.0 Å². The molecular formula is C17H18N2O3S2. The number of esters is 1. The van der Waals surface area contributed by atoms with Gasteiger partial charge in [-0.3, -0.25) is 4.90 Å². The summed E-state index contributed by atoms with van der Waals surface area (Å²) in [5.74, 6) is -0.412. The Balaban J connectivity index is 1.91. The van der Waals surface area contributed by atoms with Gasteiger partial charge in [-0.15, -0.1) is 11.3 Å². The highest BCUT2D eigenvalue weighted by molar-refractivity contribution is 7.09. The van der Waals surface area contributed by atoms with Crippen LogP contribution in [0.2, 0.25) is 0 Å². The van der Waals surface area contributed by atoms with E-state index in [0.717, 1.165) is 12.0 Å². The first-order chi connectivity index (χ1) is 11.6. The summed E-state index contributed by atoms with van der Waals surface area (Å²) in [5.41, 5.74) is 2.03. The van der Waals surface area contributed by atoms with Crippen molar-refractivity contribution in [2.75, 3.05) is 13.7 Å². The molecule has 0 bridgehead atoms. The minimum Gasteiger partial charge on any atom is -0.466 e. The molecule has 1 aliphatic heterocycles. The molecule has 126 valence electrons. The van der Waals surface area contributed by atoms with Crippen molar-refractivity contribution in [1.82, 2.24) is 10.2 Å². The summed E-state index contributed by atoms with van der Waals surface area (Å²) in [6.07, 6.45) is 0.750. The van der Waals surface area contributed by atoms with Gasteiger partial charge in [-0.2, -0.15) is 11.3 Å². The summed E-state index contributed by atoms with van der Waals surface area (Å²) in [5, 5.41) is 8.81. The van der Waals surface area contributed by atoms with Gasteiger partial charge in [0, 0.05) is 17.1 Å². The van der Waals surface area contributed by atoms with Crippen molar-refractivity contribution in [2.24, 2.45) is 0 Å². The van der Waals surface area contributed by atoms with Crippen molar-refractivity contribution in [3.63, 3.8) is 0 Å². The molecule has 0 unspecified atom stereocenters. The van der Waals surface area contributed by atoms with Gasteiger partial charge in [0.1, 0.15) is 0 Å². The van der Waals surface area contributed by atoms with Crippen LogP contribution in [0.4, 0.5) is 4.79 Å². The number of hydrogen-bond donors (Lipinski definition) is 1. The maximum atomic E-state index is 12.6. The van der Waals surface area contributed by atoms with Crippen molar-refractivity contribution < 1.29 is 14.3 Å². The molecule has 3 rings (SSSR count). The summed E-state index contributed by atoms with van der Waals surface area (Å²) in [7, 11) is 1.36. The van der Waals surface area contributed by atoms with Crippen molar-refractivity contribution in [1.29, 1.82) is 0 Å². The van der Waals surface area contributed by atoms with Crippen LogP contribution in [0.5, 0.6) is 0 Å². The van der Waals surface area contributed by atoms with Crippen LogP contribution < -0.4 is 5.32 Å². The molecule has 0 saturated heterocycles. The monoisotopic (exact) mass is 362 g/mol. The molecule has 1 atom stereocenters. The molecule has 2 aromatic heterocycles. The summed E-state index contributed by atoms with van der Waals surface area (Å²) < 4.78 is 4.95.